The number of thioether (sulfide) groups is 1. The van der Waals surface area contributed by atoms with Gasteiger partial charge in [0.2, 0.25) is 0 Å². The van der Waals surface area contributed by atoms with Crippen LogP contribution in [0.4, 0.5) is 0 Å². The molecule has 1 rings (SSSR count). The van der Waals surface area contributed by atoms with Crippen molar-refractivity contribution in [1.29, 1.82) is 0 Å². The molecule has 1 unspecified atom stereocenters. The Morgan fingerprint density at radius 3 is 3.18 bits per heavy atom. The maximum Gasteiger partial charge on any atom is 0.188 e. The molecule has 0 aromatic heterocycles. The van der Waals surface area contributed by atoms with Gasteiger partial charge in [0, 0.05) is 6.04 Å². The first-order valence-corrected chi connectivity index (χ1v) is 5.27. The largest absolute Gasteiger partial charge is 0.370 e. The molecule has 1 atom stereocenters. The summed E-state index contributed by atoms with van der Waals surface area (Å²) < 4.78 is 0. The fourth-order valence-corrected chi connectivity index (χ4v) is 1.60. The Hall–Kier alpha value is -0.380. The molecule has 0 aliphatic carbocycles. The zero-order valence-corrected chi connectivity index (χ0v) is 7.66. The first-order valence-electron chi connectivity index (χ1n) is 3.88. The summed E-state index contributed by atoms with van der Waals surface area (Å²) in [5, 5.41) is 3.13. The molecular formula is C7H15N3S. The van der Waals surface area contributed by atoms with E-state index in [4.69, 9.17) is 5.73 Å². The minimum absolute atomic E-state index is 0.502. The molecule has 3 N–H and O–H groups in total. The van der Waals surface area contributed by atoms with E-state index in [-0.39, 0.29) is 0 Å². The Balaban J connectivity index is 2.02. The van der Waals surface area contributed by atoms with Crippen molar-refractivity contribution < 1.29 is 0 Å². The second-order valence-corrected chi connectivity index (χ2v) is 3.69. The predicted molar refractivity (Wildman–Crippen MR) is 51.0 cm³/mol. The van der Waals surface area contributed by atoms with E-state index in [9.17, 15) is 0 Å². The second-order valence-electron chi connectivity index (χ2n) is 2.70. The Labute approximate surface area is 71.8 Å². The van der Waals surface area contributed by atoms with Gasteiger partial charge in [0.1, 0.15) is 0 Å². The maximum atomic E-state index is 5.46. The lowest BCUT2D eigenvalue weighted by Crippen LogP contribution is -2.34. The van der Waals surface area contributed by atoms with Crippen LogP contribution in [0.25, 0.3) is 0 Å². The van der Waals surface area contributed by atoms with Gasteiger partial charge in [-0.2, -0.15) is 11.8 Å². The summed E-state index contributed by atoms with van der Waals surface area (Å²) in [5.41, 5.74) is 5.46. The highest BCUT2D eigenvalue weighted by atomic mass is 32.2. The Kier molecular flexibility index (Phi) is 3.56. The molecule has 0 radical (unpaired) electrons. The van der Waals surface area contributed by atoms with Crippen LogP contribution < -0.4 is 11.1 Å². The minimum Gasteiger partial charge on any atom is -0.370 e. The van der Waals surface area contributed by atoms with Crippen LogP contribution in [0.2, 0.25) is 0 Å². The van der Waals surface area contributed by atoms with Crippen LogP contribution in [0, 0.1) is 0 Å². The second kappa shape index (κ2) is 4.49. The van der Waals surface area contributed by atoms with Gasteiger partial charge in [-0.3, -0.25) is 4.99 Å². The van der Waals surface area contributed by atoms with Gasteiger partial charge in [-0.05, 0) is 24.9 Å². The summed E-state index contributed by atoms with van der Waals surface area (Å²) in [6.07, 6.45) is 4.57. The third kappa shape index (κ3) is 3.01. The average Bonchev–Trinajstić information content (AvgIpc) is 2.37. The van der Waals surface area contributed by atoms with Gasteiger partial charge in [-0.15, -0.1) is 0 Å². The first-order chi connectivity index (χ1) is 5.33. The number of nitrogens with two attached hydrogens (primary N) is 1. The maximum absolute atomic E-state index is 5.46. The number of guanidine groups is 1. The summed E-state index contributed by atoms with van der Waals surface area (Å²) in [7, 11) is 0. The summed E-state index contributed by atoms with van der Waals surface area (Å²) in [6.45, 7) is 0.861. The monoisotopic (exact) mass is 173 g/mol. The number of hydrogen-bond donors (Lipinski definition) is 2. The van der Waals surface area contributed by atoms with Crippen molar-refractivity contribution in [3.8, 4) is 0 Å². The molecule has 1 aliphatic rings. The highest BCUT2D eigenvalue weighted by Gasteiger charge is 2.13. The summed E-state index contributed by atoms with van der Waals surface area (Å²) in [4.78, 5) is 4.07. The van der Waals surface area contributed by atoms with E-state index in [1.807, 2.05) is 11.8 Å². The van der Waals surface area contributed by atoms with Crippen LogP contribution in [0.15, 0.2) is 4.99 Å². The fourth-order valence-electron chi connectivity index (χ4n) is 1.15. The van der Waals surface area contributed by atoms with E-state index in [2.05, 4.69) is 16.6 Å². The number of rotatable bonds is 4. The number of hydrogen-bond acceptors (Lipinski definition) is 4. The van der Waals surface area contributed by atoms with E-state index < -0.39 is 0 Å². The van der Waals surface area contributed by atoms with E-state index in [1.165, 1.54) is 18.6 Å². The fraction of sp³-hybridized carbons (Fsp3) is 0.857. The van der Waals surface area contributed by atoms with Gasteiger partial charge in [0.25, 0.3) is 0 Å². The van der Waals surface area contributed by atoms with Crippen LogP contribution >= 0.6 is 11.8 Å². The zero-order valence-electron chi connectivity index (χ0n) is 6.84. The molecule has 0 amide bonds. The molecule has 0 saturated carbocycles. The van der Waals surface area contributed by atoms with Gasteiger partial charge in [-0.1, -0.05) is 0 Å². The molecule has 0 aromatic carbocycles. The quantitative estimate of drug-likeness (QED) is 0.606. The van der Waals surface area contributed by atoms with Crippen molar-refractivity contribution >= 4 is 17.7 Å². The van der Waals surface area contributed by atoms with Crippen LogP contribution in [-0.2, 0) is 0 Å². The summed E-state index contributed by atoms with van der Waals surface area (Å²) in [5.74, 6) is 1.84. The van der Waals surface area contributed by atoms with E-state index in [1.54, 1.807) is 0 Å². The molecule has 3 nitrogen and oxygen atoms in total. The Morgan fingerprint density at radius 1 is 1.82 bits per heavy atom. The first kappa shape index (κ1) is 8.71. The van der Waals surface area contributed by atoms with E-state index in [0.717, 1.165) is 6.54 Å². The lowest BCUT2D eigenvalue weighted by Gasteiger charge is -2.08. The summed E-state index contributed by atoms with van der Waals surface area (Å²) >= 11 is 1.89. The van der Waals surface area contributed by atoms with Crippen LogP contribution in [-0.4, -0.2) is 30.6 Å². The van der Waals surface area contributed by atoms with Crippen molar-refractivity contribution in [1.82, 2.24) is 5.32 Å². The molecule has 0 spiro atoms. The van der Waals surface area contributed by atoms with Gasteiger partial charge < -0.3 is 11.1 Å². The topological polar surface area (TPSA) is 50.4 Å². The smallest absolute Gasteiger partial charge is 0.188 e. The molecule has 0 saturated heterocycles. The lowest BCUT2D eigenvalue weighted by atomic mass is 10.2. The average molecular weight is 173 g/mol. The van der Waals surface area contributed by atoms with Gasteiger partial charge in [0.05, 0.1) is 6.54 Å². The molecule has 4 heteroatoms. The van der Waals surface area contributed by atoms with E-state index >= 15 is 0 Å². The van der Waals surface area contributed by atoms with E-state index in [0.29, 0.717) is 12.0 Å². The van der Waals surface area contributed by atoms with Gasteiger partial charge in [-0.25, -0.2) is 0 Å². The normalized spacial score (nSPS) is 23.0. The molecule has 11 heavy (non-hydrogen) atoms. The van der Waals surface area contributed by atoms with Crippen LogP contribution in [0.5, 0.6) is 0 Å². The predicted octanol–water partition coefficient (Wildman–Crippen LogP) is 0.416. The molecule has 0 aromatic rings. The standard InChI is InChI=1S/C7H15N3S/c1-11-4-2-3-6-5-9-7(8)10-6/h6H,2-5H2,1H3,(H3,8,9,10). The van der Waals surface area contributed by atoms with Crippen molar-refractivity contribution in [2.24, 2.45) is 10.7 Å². The molecule has 0 fully saturated rings. The number of aliphatic imine (C=N–C) groups is 1. The molecule has 1 aliphatic heterocycles. The van der Waals surface area contributed by atoms with Crippen LogP contribution in [0.1, 0.15) is 12.8 Å². The Morgan fingerprint density at radius 2 is 2.64 bits per heavy atom. The van der Waals surface area contributed by atoms with Gasteiger partial charge >= 0.3 is 0 Å². The van der Waals surface area contributed by atoms with Crippen molar-refractivity contribution in [2.75, 3.05) is 18.6 Å². The third-order valence-electron chi connectivity index (χ3n) is 1.74. The summed E-state index contributed by atoms with van der Waals surface area (Å²) in [6, 6.07) is 0.502. The van der Waals surface area contributed by atoms with Gasteiger partial charge in [0.15, 0.2) is 5.96 Å². The highest BCUT2D eigenvalue weighted by molar-refractivity contribution is 7.98. The molecule has 0 bridgehead atoms. The molecule has 1 heterocycles. The van der Waals surface area contributed by atoms with Crippen molar-refractivity contribution in [3.63, 3.8) is 0 Å². The SMILES string of the molecule is CSCCCC1CN=C(N)N1. The zero-order chi connectivity index (χ0) is 8.10. The van der Waals surface area contributed by atoms with Crippen molar-refractivity contribution in [2.45, 2.75) is 18.9 Å². The highest BCUT2D eigenvalue weighted by Crippen LogP contribution is 2.05. The Bertz CT molecular complexity index is 147. The molecular weight excluding hydrogens is 158 g/mol. The minimum atomic E-state index is 0.502. The third-order valence-corrected chi connectivity index (χ3v) is 2.43. The number of nitrogens with one attached hydrogen (secondary N) is 1. The lowest BCUT2D eigenvalue weighted by molar-refractivity contribution is 0.594. The number of nitrogens with zero attached hydrogens (tertiary/aromatic N) is 1. The van der Waals surface area contributed by atoms with Crippen molar-refractivity contribution in [3.05, 3.63) is 0 Å². The molecule has 64 valence electrons. The van der Waals surface area contributed by atoms with Crippen LogP contribution in [0.3, 0.4) is 0 Å².